The van der Waals surface area contributed by atoms with Gasteiger partial charge >= 0.3 is 0 Å². The van der Waals surface area contributed by atoms with Gasteiger partial charge in [0.1, 0.15) is 5.82 Å². The van der Waals surface area contributed by atoms with Gasteiger partial charge in [-0.25, -0.2) is 9.37 Å². The number of hydrogen-bond acceptors (Lipinski definition) is 5. The number of hydrogen-bond donors (Lipinski definition) is 1. The molecule has 0 radical (unpaired) electrons. The summed E-state index contributed by atoms with van der Waals surface area (Å²) in [6.07, 6.45) is 1.64. The van der Waals surface area contributed by atoms with Gasteiger partial charge in [-0.2, -0.15) is 0 Å². The van der Waals surface area contributed by atoms with E-state index in [1.54, 1.807) is 34.3 Å². The number of azo groups is 1. The maximum absolute atomic E-state index is 14.0. The SMILES string of the molecule is Oc1c(N=Nc2nccs2)c2ccccc2n1Cc1ccccc1F. The highest BCUT2D eigenvalue weighted by atomic mass is 32.1. The molecule has 0 aliphatic carbocycles. The lowest BCUT2D eigenvalue weighted by atomic mass is 10.2. The van der Waals surface area contributed by atoms with Gasteiger partial charge in [-0.15, -0.1) is 21.6 Å². The van der Waals surface area contributed by atoms with Crippen LogP contribution in [0.2, 0.25) is 0 Å². The lowest BCUT2D eigenvalue weighted by Crippen LogP contribution is -2.01. The fourth-order valence-corrected chi connectivity index (χ4v) is 3.14. The number of fused-ring (bicyclic) bond motifs is 1. The van der Waals surface area contributed by atoms with E-state index in [4.69, 9.17) is 0 Å². The molecule has 0 aliphatic rings. The van der Waals surface area contributed by atoms with Gasteiger partial charge in [0.25, 0.3) is 0 Å². The molecule has 0 atom stereocenters. The standard InChI is InChI=1S/C18H13FN4OS/c19-14-7-3-1-5-12(14)11-23-15-8-4-2-6-13(15)16(17(23)24)21-22-18-20-9-10-25-18/h1-10,24H,11H2. The first-order valence-electron chi connectivity index (χ1n) is 7.59. The fourth-order valence-electron chi connectivity index (χ4n) is 2.69. The number of thiazole rings is 1. The van der Waals surface area contributed by atoms with Crippen LogP contribution < -0.4 is 0 Å². The minimum Gasteiger partial charge on any atom is -0.493 e. The molecule has 0 fully saturated rings. The van der Waals surface area contributed by atoms with Crippen LogP contribution in [-0.4, -0.2) is 14.7 Å². The van der Waals surface area contributed by atoms with Gasteiger partial charge in [-0.05, 0) is 12.1 Å². The second-order valence-corrected chi connectivity index (χ2v) is 6.25. The Labute approximate surface area is 146 Å². The number of benzene rings is 2. The average molecular weight is 352 g/mol. The van der Waals surface area contributed by atoms with Crippen LogP contribution in [0.5, 0.6) is 5.88 Å². The van der Waals surface area contributed by atoms with E-state index in [1.807, 2.05) is 24.3 Å². The summed E-state index contributed by atoms with van der Waals surface area (Å²) >= 11 is 1.36. The fraction of sp³-hybridized carbons (Fsp3) is 0.0556. The van der Waals surface area contributed by atoms with Crippen molar-refractivity contribution in [3.8, 4) is 5.88 Å². The molecule has 0 saturated carbocycles. The van der Waals surface area contributed by atoms with Crippen molar-refractivity contribution in [1.82, 2.24) is 9.55 Å². The summed E-state index contributed by atoms with van der Waals surface area (Å²) < 4.78 is 15.6. The van der Waals surface area contributed by atoms with E-state index < -0.39 is 0 Å². The maximum Gasteiger partial charge on any atom is 0.229 e. The van der Waals surface area contributed by atoms with Crippen molar-refractivity contribution in [1.29, 1.82) is 0 Å². The van der Waals surface area contributed by atoms with Gasteiger partial charge in [0.2, 0.25) is 11.0 Å². The van der Waals surface area contributed by atoms with E-state index in [0.717, 1.165) is 10.9 Å². The zero-order valence-corrected chi connectivity index (χ0v) is 13.8. The molecule has 0 spiro atoms. The summed E-state index contributed by atoms with van der Waals surface area (Å²) in [6.45, 7) is 0.200. The topological polar surface area (TPSA) is 62.8 Å². The van der Waals surface area contributed by atoms with Gasteiger partial charge < -0.3 is 9.67 Å². The summed E-state index contributed by atoms with van der Waals surface area (Å²) in [5.41, 5.74) is 1.60. The molecule has 0 amide bonds. The van der Waals surface area contributed by atoms with Crippen molar-refractivity contribution in [2.24, 2.45) is 10.2 Å². The first kappa shape index (κ1) is 15.5. The Morgan fingerprint density at radius 2 is 1.88 bits per heavy atom. The predicted octanol–water partition coefficient (Wildman–Crippen LogP) is 5.41. The lowest BCUT2D eigenvalue weighted by molar-refractivity contribution is 0.428. The van der Waals surface area contributed by atoms with Crippen LogP contribution >= 0.6 is 11.3 Å². The van der Waals surface area contributed by atoms with Gasteiger partial charge in [0.05, 0.1) is 12.1 Å². The Balaban J connectivity index is 1.82. The minimum absolute atomic E-state index is 0.0511. The highest BCUT2D eigenvalue weighted by Crippen LogP contribution is 2.40. The van der Waals surface area contributed by atoms with Crippen molar-refractivity contribution in [2.75, 3.05) is 0 Å². The largest absolute Gasteiger partial charge is 0.493 e. The normalized spacial score (nSPS) is 11.6. The molecule has 0 aliphatic heterocycles. The lowest BCUT2D eigenvalue weighted by Gasteiger charge is -2.08. The quantitative estimate of drug-likeness (QED) is 0.499. The molecule has 2 aromatic heterocycles. The van der Waals surface area contributed by atoms with Crippen LogP contribution in [0.15, 0.2) is 70.3 Å². The number of rotatable bonds is 4. The molecule has 5 nitrogen and oxygen atoms in total. The van der Waals surface area contributed by atoms with Crippen LogP contribution in [0.4, 0.5) is 15.2 Å². The molecule has 0 bridgehead atoms. The highest BCUT2D eigenvalue weighted by Gasteiger charge is 2.17. The predicted molar refractivity (Wildman–Crippen MR) is 95.4 cm³/mol. The first-order valence-corrected chi connectivity index (χ1v) is 8.47. The number of para-hydroxylation sites is 1. The van der Waals surface area contributed by atoms with Crippen molar-refractivity contribution in [3.63, 3.8) is 0 Å². The minimum atomic E-state index is -0.314. The van der Waals surface area contributed by atoms with Crippen LogP contribution in [0.1, 0.15) is 5.56 Å². The van der Waals surface area contributed by atoms with Crippen LogP contribution in [-0.2, 0) is 6.54 Å². The summed E-state index contributed by atoms with van der Waals surface area (Å²) in [7, 11) is 0. The molecule has 4 rings (SSSR count). The number of aromatic nitrogens is 2. The van der Waals surface area contributed by atoms with Crippen LogP contribution in [0.25, 0.3) is 10.9 Å². The summed E-state index contributed by atoms with van der Waals surface area (Å²) in [5, 5.41) is 22.0. The van der Waals surface area contributed by atoms with E-state index in [0.29, 0.717) is 16.4 Å². The van der Waals surface area contributed by atoms with Crippen molar-refractivity contribution < 1.29 is 9.50 Å². The van der Waals surface area contributed by atoms with Crippen molar-refractivity contribution >= 4 is 33.1 Å². The molecule has 0 saturated heterocycles. The molecule has 124 valence electrons. The Hall–Kier alpha value is -3.06. The van der Waals surface area contributed by atoms with Gasteiger partial charge in [0, 0.05) is 22.5 Å². The molecule has 2 aromatic carbocycles. The Kier molecular flexibility index (Phi) is 3.99. The Morgan fingerprint density at radius 1 is 1.08 bits per heavy atom. The molecule has 7 heteroatoms. The van der Waals surface area contributed by atoms with E-state index in [9.17, 15) is 9.50 Å². The molecule has 1 N–H and O–H groups in total. The van der Waals surface area contributed by atoms with E-state index in [-0.39, 0.29) is 18.2 Å². The third kappa shape index (κ3) is 2.89. The first-order chi connectivity index (χ1) is 12.2. The monoisotopic (exact) mass is 352 g/mol. The molecular formula is C18H13FN4OS. The number of nitrogens with zero attached hydrogens (tertiary/aromatic N) is 4. The number of halogens is 1. The molecule has 0 unspecified atom stereocenters. The summed E-state index contributed by atoms with van der Waals surface area (Å²) in [4.78, 5) is 4.05. The third-order valence-electron chi connectivity index (χ3n) is 3.86. The zero-order valence-electron chi connectivity index (χ0n) is 13.0. The van der Waals surface area contributed by atoms with E-state index in [2.05, 4.69) is 15.2 Å². The van der Waals surface area contributed by atoms with Crippen molar-refractivity contribution in [3.05, 3.63) is 71.5 Å². The second kappa shape index (κ2) is 6.45. The highest BCUT2D eigenvalue weighted by molar-refractivity contribution is 7.13. The molecule has 2 heterocycles. The summed E-state index contributed by atoms with van der Waals surface area (Å²) in [5.74, 6) is -0.365. The Bertz CT molecular complexity index is 1060. The van der Waals surface area contributed by atoms with Gasteiger partial charge in [-0.1, -0.05) is 36.4 Å². The summed E-state index contributed by atoms with van der Waals surface area (Å²) in [6, 6.07) is 13.9. The number of aromatic hydroxyl groups is 1. The van der Waals surface area contributed by atoms with Crippen LogP contribution in [0.3, 0.4) is 0 Å². The molecular weight excluding hydrogens is 339 g/mol. The Morgan fingerprint density at radius 3 is 2.68 bits per heavy atom. The van der Waals surface area contributed by atoms with Gasteiger partial charge in [0.15, 0.2) is 5.69 Å². The smallest absolute Gasteiger partial charge is 0.229 e. The average Bonchev–Trinajstić information content (AvgIpc) is 3.23. The van der Waals surface area contributed by atoms with Crippen molar-refractivity contribution in [2.45, 2.75) is 6.54 Å². The second-order valence-electron chi connectivity index (χ2n) is 5.38. The van der Waals surface area contributed by atoms with E-state index >= 15 is 0 Å². The zero-order chi connectivity index (χ0) is 17.2. The van der Waals surface area contributed by atoms with Gasteiger partial charge in [-0.3, -0.25) is 0 Å². The molecule has 25 heavy (non-hydrogen) atoms. The maximum atomic E-state index is 14.0. The molecule has 4 aromatic rings. The third-order valence-corrected chi connectivity index (χ3v) is 4.51. The van der Waals surface area contributed by atoms with Crippen LogP contribution in [0, 0.1) is 5.82 Å². The van der Waals surface area contributed by atoms with E-state index in [1.165, 1.54) is 17.4 Å².